The van der Waals surface area contributed by atoms with Gasteiger partial charge in [0.25, 0.3) is 0 Å². The van der Waals surface area contributed by atoms with Crippen LogP contribution in [0.1, 0.15) is 17.2 Å². The predicted molar refractivity (Wildman–Crippen MR) is 103 cm³/mol. The third kappa shape index (κ3) is 4.81. The number of rotatable bonds is 7. The van der Waals surface area contributed by atoms with Crippen LogP contribution in [-0.2, 0) is 10.0 Å². The Morgan fingerprint density at radius 3 is 2.23 bits per heavy atom. The highest BCUT2D eigenvalue weighted by Crippen LogP contribution is 2.18. The molecule has 0 aliphatic carbocycles. The molecule has 5 nitrogen and oxygen atoms in total. The zero-order valence-electron chi connectivity index (χ0n) is 15.9. The van der Waals surface area contributed by atoms with Crippen LogP contribution < -0.4 is 14.5 Å². The van der Waals surface area contributed by atoms with Crippen LogP contribution in [0, 0.1) is 12.7 Å². The monoisotopic (exact) mass is 380 g/mol. The summed E-state index contributed by atoms with van der Waals surface area (Å²) in [4.78, 5) is 3.23. The molecule has 2 aromatic rings. The van der Waals surface area contributed by atoms with E-state index in [4.69, 9.17) is 0 Å². The minimum absolute atomic E-state index is 0.0401. The van der Waals surface area contributed by atoms with Gasteiger partial charge in [-0.2, -0.15) is 0 Å². The van der Waals surface area contributed by atoms with Crippen LogP contribution in [0.4, 0.5) is 10.1 Å². The molecule has 0 unspecified atom stereocenters. The molecule has 0 spiro atoms. The van der Waals surface area contributed by atoms with Gasteiger partial charge in [0.1, 0.15) is 11.9 Å². The Morgan fingerprint density at radius 1 is 1.12 bits per heavy atom. The molecule has 0 bridgehead atoms. The van der Waals surface area contributed by atoms with Crippen molar-refractivity contribution in [2.24, 2.45) is 0 Å². The van der Waals surface area contributed by atoms with Gasteiger partial charge in [0, 0.05) is 25.3 Å². The van der Waals surface area contributed by atoms with E-state index >= 15 is 0 Å². The maximum absolute atomic E-state index is 13.2. The molecule has 0 saturated carbocycles. The first kappa shape index (κ1) is 20.4. The zero-order valence-corrected chi connectivity index (χ0v) is 16.7. The number of quaternary nitrogens is 1. The number of likely N-dealkylation sites (N-methyl/N-ethyl adjacent to an activating group) is 1. The zero-order chi connectivity index (χ0) is 19.5. The Kier molecular flexibility index (Phi) is 6.39. The fourth-order valence-corrected chi connectivity index (χ4v) is 4.12. The fraction of sp³-hybridized carbons (Fsp3) is 0.368. The predicted octanol–water partition coefficient (Wildman–Crippen LogP) is 1.36. The van der Waals surface area contributed by atoms with Gasteiger partial charge < -0.3 is 9.80 Å². The normalized spacial score (nSPS) is 13.0. The molecule has 2 aromatic carbocycles. The Morgan fingerprint density at radius 2 is 1.73 bits per heavy atom. The number of sulfonamides is 1. The van der Waals surface area contributed by atoms with E-state index in [1.54, 1.807) is 6.92 Å². The van der Waals surface area contributed by atoms with Crippen molar-refractivity contribution >= 4 is 15.7 Å². The van der Waals surface area contributed by atoms with E-state index in [9.17, 15) is 12.8 Å². The second kappa shape index (κ2) is 8.16. The molecule has 0 heterocycles. The molecule has 0 saturated heterocycles. The lowest BCUT2D eigenvalue weighted by Crippen LogP contribution is -3.07. The van der Waals surface area contributed by atoms with Crippen molar-refractivity contribution in [3.8, 4) is 0 Å². The number of hydrogen-bond acceptors (Lipinski definition) is 3. The first-order valence-corrected chi connectivity index (χ1v) is 9.93. The maximum Gasteiger partial charge on any atom is 0.241 e. The smallest absolute Gasteiger partial charge is 0.241 e. The van der Waals surface area contributed by atoms with E-state index < -0.39 is 15.8 Å². The van der Waals surface area contributed by atoms with Crippen LogP contribution in [0.15, 0.2) is 47.4 Å². The molecule has 26 heavy (non-hydrogen) atoms. The summed E-state index contributed by atoms with van der Waals surface area (Å²) >= 11 is 0. The molecule has 142 valence electrons. The molecule has 1 atom stereocenters. The quantitative estimate of drug-likeness (QED) is 0.763. The highest BCUT2D eigenvalue weighted by atomic mass is 32.2. The summed E-state index contributed by atoms with van der Waals surface area (Å²) in [6, 6.07) is 11.7. The Bertz CT molecular complexity index is 850. The van der Waals surface area contributed by atoms with Gasteiger partial charge in [-0.05, 0) is 42.8 Å². The Labute approximate surface area is 155 Å². The van der Waals surface area contributed by atoms with Crippen LogP contribution >= 0.6 is 0 Å². The van der Waals surface area contributed by atoms with Gasteiger partial charge in [0.15, 0.2) is 0 Å². The standard InChI is InChI=1S/C19H26FN3O2S/c1-14-12-16(20)8-11-19(14)26(24,25)21-13-18(23(4)5)15-6-9-17(10-7-15)22(2)3/h6-12,18,21H,13H2,1-5H3/p+1/t18-/m0/s1. The highest BCUT2D eigenvalue weighted by Gasteiger charge is 2.23. The van der Waals surface area contributed by atoms with Crippen molar-refractivity contribution in [1.29, 1.82) is 0 Å². The molecule has 2 N–H and O–H groups in total. The highest BCUT2D eigenvalue weighted by molar-refractivity contribution is 7.89. The fourth-order valence-electron chi connectivity index (χ4n) is 2.85. The minimum Gasteiger partial charge on any atom is -0.378 e. The van der Waals surface area contributed by atoms with Crippen LogP contribution in [0.3, 0.4) is 0 Å². The summed E-state index contributed by atoms with van der Waals surface area (Å²) < 4.78 is 41.1. The van der Waals surface area contributed by atoms with Crippen LogP contribution in [-0.4, -0.2) is 43.2 Å². The van der Waals surface area contributed by atoms with E-state index in [-0.39, 0.29) is 17.5 Å². The van der Waals surface area contributed by atoms with Gasteiger partial charge >= 0.3 is 0 Å². The van der Waals surface area contributed by atoms with Crippen LogP contribution in [0.5, 0.6) is 0 Å². The van der Waals surface area contributed by atoms with Gasteiger partial charge in [-0.25, -0.2) is 17.5 Å². The molecule has 0 aliphatic rings. The molecule has 0 aliphatic heterocycles. The second-order valence-electron chi connectivity index (χ2n) is 6.88. The van der Waals surface area contributed by atoms with Crippen molar-refractivity contribution in [3.63, 3.8) is 0 Å². The number of anilines is 1. The van der Waals surface area contributed by atoms with E-state index in [0.29, 0.717) is 5.56 Å². The average Bonchev–Trinajstić information content (AvgIpc) is 2.54. The second-order valence-corrected chi connectivity index (χ2v) is 8.61. The Balaban J connectivity index is 2.20. The van der Waals surface area contributed by atoms with Gasteiger partial charge in [-0.3, -0.25) is 0 Å². The number of hydrogen-bond donors (Lipinski definition) is 2. The van der Waals surface area contributed by atoms with Crippen molar-refractivity contribution in [2.45, 2.75) is 17.9 Å². The lowest BCUT2D eigenvalue weighted by Gasteiger charge is -2.23. The summed E-state index contributed by atoms with van der Waals surface area (Å²) in [7, 11) is 4.22. The number of aryl methyl sites for hydroxylation is 1. The van der Waals surface area contributed by atoms with Crippen molar-refractivity contribution in [2.75, 3.05) is 39.6 Å². The first-order chi connectivity index (χ1) is 12.1. The number of nitrogens with one attached hydrogen (secondary N) is 2. The molecular weight excluding hydrogens is 353 g/mol. The number of benzene rings is 2. The summed E-state index contributed by atoms with van der Waals surface area (Å²) in [5.74, 6) is -0.446. The summed E-state index contributed by atoms with van der Waals surface area (Å²) in [5.41, 5.74) is 2.53. The van der Waals surface area contributed by atoms with Gasteiger partial charge in [0.2, 0.25) is 10.0 Å². The molecular formula is C19H27FN3O2S+. The van der Waals surface area contributed by atoms with E-state index in [1.807, 2.05) is 57.4 Å². The summed E-state index contributed by atoms with van der Waals surface area (Å²) in [6.07, 6.45) is 0. The third-order valence-electron chi connectivity index (χ3n) is 4.41. The molecule has 2 rings (SSSR count). The molecule has 0 amide bonds. The maximum atomic E-state index is 13.2. The molecule has 0 fully saturated rings. The lowest BCUT2D eigenvalue weighted by atomic mass is 10.1. The van der Waals surface area contributed by atoms with Gasteiger partial charge in [-0.1, -0.05) is 12.1 Å². The molecule has 0 radical (unpaired) electrons. The molecule has 0 aromatic heterocycles. The van der Waals surface area contributed by atoms with Crippen LogP contribution in [0.2, 0.25) is 0 Å². The largest absolute Gasteiger partial charge is 0.378 e. The topological polar surface area (TPSA) is 53.9 Å². The van der Waals surface area contributed by atoms with Crippen molar-refractivity contribution < 1.29 is 17.7 Å². The first-order valence-electron chi connectivity index (χ1n) is 8.45. The third-order valence-corrected chi connectivity index (χ3v) is 6.00. The van der Waals surface area contributed by atoms with Gasteiger partial charge in [0.05, 0.1) is 25.5 Å². The Hall–Kier alpha value is -1.96. The van der Waals surface area contributed by atoms with Crippen LogP contribution in [0.25, 0.3) is 0 Å². The minimum atomic E-state index is -3.70. The number of halogens is 1. The van der Waals surface area contributed by atoms with E-state index in [1.165, 1.54) is 12.1 Å². The average molecular weight is 381 g/mol. The van der Waals surface area contributed by atoms with Crippen molar-refractivity contribution in [1.82, 2.24) is 4.72 Å². The summed E-state index contributed by atoms with van der Waals surface area (Å²) in [6.45, 7) is 1.84. The van der Waals surface area contributed by atoms with E-state index in [2.05, 4.69) is 4.72 Å². The number of nitrogens with zero attached hydrogens (tertiary/aromatic N) is 1. The SMILES string of the molecule is Cc1cc(F)ccc1S(=O)(=O)NC[C@@H](c1ccc(N(C)C)cc1)[NH+](C)C. The van der Waals surface area contributed by atoms with E-state index in [0.717, 1.165) is 22.2 Å². The summed E-state index contributed by atoms with van der Waals surface area (Å²) in [5, 5.41) is 0. The lowest BCUT2D eigenvalue weighted by molar-refractivity contribution is -0.890. The van der Waals surface area contributed by atoms with Gasteiger partial charge in [-0.15, -0.1) is 0 Å². The molecule has 7 heteroatoms. The van der Waals surface area contributed by atoms with Crippen molar-refractivity contribution in [3.05, 3.63) is 59.4 Å².